The number of ether oxygens (including phenoxy) is 2. The molecule has 0 aliphatic heterocycles. The first-order valence-corrected chi connectivity index (χ1v) is 6.70. The zero-order valence-corrected chi connectivity index (χ0v) is 12.9. The van der Waals surface area contributed by atoms with Gasteiger partial charge in [-0.05, 0) is 23.3 Å². The van der Waals surface area contributed by atoms with Gasteiger partial charge in [0.1, 0.15) is 12.4 Å². The van der Waals surface area contributed by atoms with E-state index in [0.717, 1.165) is 16.9 Å². The Hall–Kier alpha value is -1.73. The van der Waals surface area contributed by atoms with E-state index in [9.17, 15) is 4.79 Å². The molecule has 2 aromatic carbocycles. The fourth-order valence-corrected chi connectivity index (χ4v) is 1.95. The van der Waals surface area contributed by atoms with E-state index >= 15 is 0 Å². The first kappa shape index (κ1) is 18.3. The summed E-state index contributed by atoms with van der Waals surface area (Å²) in [5.41, 5.74) is 2.00. The van der Waals surface area contributed by atoms with Crippen LogP contribution in [0.2, 0.25) is 0 Å². The summed E-state index contributed by atoms with van der Waals surface area (Å²) >= 11 is 0. The molecule has 5 heteroatoms. The summed E-state index contributed by atoms with van der Waals surface area (Å²) in [6.45, 7) is 0.510. The fourth-order valence-electron chi connectivity index (χ4n) is 1.95. The standard InChI is InChI=1S/C17H18O4.Li.H/c1-20-16(17(18)19)11-13-7-9-15(10-8-13)21-12-14-5-3-2-4-6-14;;/h2-10,16H,11-12H2,1H3,(H,18,19);;/q;+1;-1. The minimum absolute atomic E-state index is 0. The predicted molar refractivity (Wildman–Crippen MR) is 80.5 cm³/mol. The molecule has 0 spiro atoms. The molecule has 1 N–H and O–H groups in total. The van der Waals surface area contributed by atoms with Gasteiger partial charge in [-0.3, -0.25) is 0 Å². The van der Waals surface area contributed by atoms with Gasteiger partial charge in [0, 0.05) is 13.5 Å². The number of rotatable bonds is 7. The third-order valence-electron chi connectivity index (χ3n) is 3.15. The van der Waals surface area contributed by atoms with Crippen LogP contribution >= 0.6 is 0 Å². The monoisotopic (exact) mass is 294 g/mol. The molecule has 0 saturated heterocycles. The topological polar surface area (TPSA) is 55.8 Å². The SMILES string of the molecule is COC(Cc1ccc(OCc2ccccc2)cc1)C(=O)O.[H-].[Li+]. The molecule has 0 radical (unpaired) electrons. The van der Waals surface area contributed by atoms with Gasteiger partial charge in [0.25, 0.3) is 0 Å². The number of methoxy groups -OCH3 is 1. The van der Waals surface area contributed by atoms with Crippen LogP contribution in [0.25, 0.3) is 0 Å². The molecule has 0 aromatic heterocycles. The van der Waals surface area contributed by atoms with Crippen molar-refractivity contribution in [2.45, 2.75) is 19.1 Å². The molecular weight excluding hydrogens is 275 g/mol. The van der Waals surface area contributed by atoms with E-state index in [4.69, 9.17) is 14.6 Å². The van der Waals surface area contributed by atoms with E-state index in [0.29, 0.717) is 13.0 Å². The Morgan fingerprint density at radius 1 is 1.09 bits per heavy atom. The largest absolute Gasteiger partial charge is 1.00 e. The minimum atomic E-state index is -0.957. The average Bonchev–Trinajstić information content (AvgIpc) is 2.52. The van der Waals surface area contributed by atoms with E-state index in [1.54, 1.807) is 0 Å². The molecular formula is C17H19LiO4. The van der Waals surface area contributed by atoms with Gasteiger partial charge in [-0.25, -0.2) is 4.79 Å². The Morgan fingerprint density at radius 2 is 1.73 bits per heavy atom. The molecule has 112 valence electrons. The summed E-state index contributed by atoms with van der Waals surface area (Å²) in [6, 6.07) is 17.3. The maximum Gasteiger partial charge on any atom is 1.00 e. The van der Waals surface area contributed by atoms with Crippen molar-refractivity contribution < 1.29 is 39.7 Å². The molecule has 0 amide bonds. The summed E-state index contributed by atoms with van der Waals surface area (Å²) in [5.74, 6) is -0.200. The third-order valence-corrected chi connectivity index (χ3v) is 3.15. The molecule has 0 aliphatic rings. The molecule has 4 nitrogen and oxygen atoms in total. The average molecular weight is 294 g/mol. The molecule has 0 fully saturated rings. The number of carboxylic acid groups (broad SMARTS) is 1. The minimum Gasteiger partial charge on any atom is -1.00 e. The molecule has 1 atom stereocenters. The van der Waals surface area contributed by atoms with E-state index < -0.39 is 12.1 Å². The molecule has 2 rings (SSSR count). The van der Waals surface area contributed by atoms with Gasteiger partial charge in [0.2, 0.25) is 0 Å². The molecule has 0 heterocycles. The molecule has 0 saturated carbocycles. The summed E-state index contributed by atoms with van der Waals surface area (Å²) in [5, 5.41) is 8.95. The van der Waals surface area contributed by atoms with Crippen LogP contribution in [-0.2, 0) is 22.6 Å². The van der Waals surface area contributed by atoms with Crippen molar-refractivity contribution in [3.8, 4) is 5.75 Å². The van der Waals surface area contributed by atoms with E-state index in [-0.39, 0.29) is 20.3 Å². The van der Waals surface area contributed by atoms with Crippen LogP contribution in [0.3, 0.4) is 0 Å². The quantitative estimate of drug-likeness (QED) is 0.732. The van der Waals surface area contributed by atoms with Gasteiger partial charge in [-0.1, -0.05) is 42.5 Å². The van der Waals surface area contributed by atoms with Gasteiger partial charge in [-0.2, -0.15) is 0 Å². The molecule has 2 aromatic rings. The van der Waals surface area contributed by atoms with E-state index in [1.807, 2.05) is 54.6 Å². The van der Waals surface area contributed by atoms with Crippen LogP contribution in [0.15, 0.2) is 54.6 Å². The van der Waals surface area contributed by atoms with Crippen LogP contribution < -0.4 is 23.6 Å². The van der Waals surface area contributed by atoms with E-state index in [1.165, 1.54) is 7.11 Å². The van der Waals surface area contributed by atoms with Crippen molar-refractivity contribution in [1.29, 1.82) is 0 Å². The number of aliphatic carboxylic acids is 1. The summed E-state index contributed by atoms with van der Waals surface area (Å²) in [6.07, 6.45) is -0.480. The van der Waals surface area contributed by atoms with Crippen molar-refractivity contribution in [3.63, 3.8) is 0 Å². The van der Waals surface area contributed by atoms with Gasteiger partial charge in [0.05, 0.1) is 0 Å². The Morgan fingerprint density at radius 3 is 2.27 bits per heavy atom. The first-order chi connectivity index (χ1) is 10.2. The van der Waals surface area contributed by atoms with Crippen LogP contribution in [0.4, 0.5) is 0 Å². The maximum atomic E-state index is 10.9. The second-order valence-electron chi connectivity index (χ2n) is 4.68. The van der Waals surface area contributed by atoms with Crippen LogP contribution in [0, 0.1) is 0 Å². The Balaban J connectivity index is 0.00000242. The van der Waals surface area contributed by atoms with Crippen LogP contribution in [-0.4, -0.2) is 24.3 Å². The van der Waals surface area contributed by atoms with Crippen molar-refractivity contribution in [3.05, 3.63) is 65.7 Å². The second kappa shape index (κ2) is 9.32. The summed E-state index contributed by atoms with van der Waals surface area (Å²) < 4.78 is 10.6. The fraction of sp³-hybridized carbons (Fsp3) is 0.235. The molecule has 0 bridgehead atoms. The first-order valence-electron chi connectivity index (χ1n) is 6.70. The van der Waals surface area contributed by atoms with Gasteiger partial charge >= 0.3 is 24.8 Å². The number of carbonyl (C=O) groups is 1. The smallest absolute Gasteiger partial charge is 1.00 e. The number of hydrogen-bond acceptors (Lipinski definition) is 3. The van der Waals surface area contributed by atoms with Gasteiger partial charge in [0.15, 0.2) is 6.10 Å². The number of hydrogen-bond donors (Lipinski definition) is 1. The molecule has 1 unspecified atom stereocenters. The van der Waals surface area contributed by atoms with Crippen molar-refractivity contribution >= 4 is 5.97 Å². The van der Waals surface area contributed by atoms with Crippen LogP contribution in [0.5, 0.6) is 5.75 Å². The predicted octanol–water partition coefficient (Wildman–Crippen LogP) is 0.0242. The van der Waals surface area contributed by atoms with Crippen LogP contribution in [0.1, 0.15) is 12.6 Å². The maximum absolute atomic E-state index is 10.9. The van der Waals surface area contributed by atoms with Crippen molar-refractivity contribution in [2.24, 2.45) is 0 Å². The Kier molecular flexibility index (Phi) is 7.76. The Labute approximate surface area is 143 Å². The summed E-state index contributed by atoms with van der Waals surface area (Å²) in [4.78, 5) is 10.9. The van der Waals surface area contributed by atoms with Gasteiger partial charge in [-0.15, -0.1) is 0 Å². The molecule has 0 aliphatic carbocycles. The summed E-state index contributed by atoms with van der Waals surface area (Å²) in [7, 11) is 1.40. The third kappa shape index (κ3) is 5.57. The zero-order chi connectivity index (χ0) is 15.1. The second-order valence-corrected chi connectivity index (χ2v) is 4.68. The zero-order valence-electron chi connectivity index (χ0n) is 13.9. The number of benzene rings is 2. The normalized spacial score (nSPS) is 11.3. The number of carboxylic acids is 1. The van der Waals surface area contributed by atoms with Crippen molar-refractivity contribution in [2.75, 3.05) is 7.11 Å². The Bertz CT molecular complexity index is 575. The molecule has 22 heavy (non-hydrogen) atoms. The van der Waals surface area contributed by atoms with Crippen molar-refractivity contribution in [1.82, 2.24) is 0 Å². The van der Waals surface area contributed by atoms with Gasteiger partial charge < -0.3 is 16.0 Å². The van der Waals surface area contributed by atoms with E-state index in [2.05, 4.69) is 0 Å².